The number of benzene rings is 1. The standard InChI is InChI=1S/C16H26N2/c1-13-6-4-5-7-15(13)16(12-18(2)3)14-8-10-17-11-9-14/h4-7,14,16-17H,8-12H2,1-3H3. The number of hydrogen-bond donors (Lipinski definition) is 1. The van der Waals surface area contributed by atoms with Crippen molar-refractivity contribution in [1.29, 1.82) is 0 Å². The molecule has 1 heterocycles. The van der Waals surface area contributed by atoms with Crippen molar-refractivity contribution in [1.82, 2.24) is 10.2 Å². The first-order valence-corrected chi connectivity index (χ1v) is 7.09. The minimum Gasteiger partial charge on any atom is -0.317 e. The Kier molecular flexibility index (Phi) is 4.79. The summed E-state index contributed by atoms with van der Waals surface area (Å²) in [7, 11) is 4.37. The van der Waals surface area contributed by atoms with Crippen LogP contribution in [-0.4, -0.2) is 38.6 Å². The zero-order valence-corrected chi connectivity index (χ0v) is 11.9. The summed E-state index contributed by atoms with van der Waals surface area (Å²) in [4.78, 5) is 2.33. The van der Waals surface area contributed by atoms with Crippen molar-refractivity contribution in [2.75, 3.05) is 33.7 Å². The van der Waals surface area contributed by atoms with Gasteiger partial charge >= 0.3 is 0 Å². The highest BCUT2D eigenvalue weighted by molar-refractivity contribution is 5.30. The van der Waals surface area contributed by atoms with E-state index in [0.717, 1.165) is 12.5 Å². The molecule has 0 radical (unpaired) electrons. The summed E-state index contributed by atoms with van der Waals surface area (Å²) in [6.07, 6.45) is 2.62. The van der Waals surface area contributed by atoms with Crippen LogP contribution in [0.25, 0.3) is 0 Å². The minimum absolute atomic E-state index is 0.684. The fraction of sp³-hybridized carbons (Fsp3) is 0.625. The summed E-state index contributed by atoms with van der Waals surface area (Å²) in [5.74, 6) is 1.51. The Morgan fingerprint density at radius 1 is 1.22 bits per heavy atom. The van der Waals surface area contributed by atoms with Gasteiger partial charge in [0.2, 0.25) is 0 Å². The Bertz CT molecular complexity index is 367. The second-order valence-corrected chi connectivity index (χ2v) is 5.81. The van der Waals surface area contributed by atoms with E-state index in [4.69, 9.17) is 0 Å². The quantitative estimate of drug-likeness (QED) is 0.878. The van der Waals surface area contributed by atoms with Crippen LogP contribution in [0.15, 0.2) is 24.3 Å². The van der Waals surface area contributed by atoms with E-state index >= 15 is 0 Å². The van der Waals surface area contributed by atoms with Crippen LogP contribution in [0.3, 0.4) is 0 Å². The first-order valence-electron chi connectivity index (χ1n) is 7.09. The molecule has 1 aromatic carbocycles. The van der Waals surface area contributed by atoms with Gasteiger partial charge in [0.1, 0.15) is 0 Å². The SMILES string of the molecule is Cc1ccccc1C(CN(C)C)C1CCNCC1. The van der Waals surface area contributed by atoms with Crippen molar-refractivity contribution in [3.8, 4) is 0 Å². The summed E-state index contributed by atoms with van der Waals surface area (Å²) in [6, 6.07) is 8.91. The molecule has 1 saturated heterocycles. The highest BCUT2D eigenvalue weighted by Gasteiger charge is 2.26. The van der Waals surface area contributed by atoms with Crippen LogP contribution in [0, 0.1) is 12.8 Å². The highest BCUT2D eigenvalue weighted by atomic mass is 15.1. The van der Waals surface area contributed by atoms with E-state index in [2.05, 4.69) is 55.5 Å². The molecule has 1 fully saturated rings. The van der Waals surface area contributed by atoms with Crippen molar-refractivity contribution in [2.45, 2.75) is 25.7 Å². The average Bonchev–Trinajstić information content (AvgIpc) is 2.38. The summed E-state index contributed by atoms with van der Waals surface area (Å²) in [6.45, 7) is 5.77. The zero-order valence-electron chi connectivity index (χ0n) is 11.9. The van der Waals surface area contributed by atoms with Gasteiger partial charge in [-0.15, -0.1) is 0 Å². The van der Waals surface area contributed by atoms with Gasteiger partial charge < -0.3 is 10.2 Å². The molecule has 0 aliphatic carbocycles. The monoisotopic (exact) mass is 246 g/mol. The van der Waals surface area contributed by atoms with Crippen LogP contribution in [0.1, 0.15) is 29.9 Å². The maximum absolute atomic E-state index is 3.48. The maximum atomic E-state index is 3.48. The van der Waals surface area contributed by atoms with Gasteiger partial charge in [0.25, 0.3) is 0 Å². The number of aryl methyl sites for hydroxylation is 1. The third kappa shape index (κ3) is 3.33. The van der Waals surface area contributed by atoms with E-state index in [1.165, 1.54) is 31.5 Å². The van der Waals surface area contributed by atoms with Gasteiger partial charge in [-0.25, -0.2) is 0 Å². The Labute approximate surface area is 111 Å². The topological polar surface area (TPSA) is 15.3 Å². The van der Waals surface area contributed by atoms with Crippen molar-refractivity contribution < 1.29 is 0 Å². The minimum atomic E-state index is 0.684. The number of hydrogen-bond acceptors (Lipinski definition) is 2. The van der Waals surface area contributed by atoms with Crippen LogP contribution < -0.4 is 5.32 Å². The molecule has 1 aliphatic rings. The van der Waals surface area contributed by atoms with Crippen molar-refractivity contribution in [3.63, 3.8) is 0 Å². The summed E-state index contributed by atoms with van der Waals surface area (Å²) in [5.41, 5.74) is 3.00. The van der Waals surface area contributed by atoms with Gasteiger partial charge in [-0.05, 0) is 69.9 Å². The molecule has 2 rings (SSSR count). The molecule has 0 amide bonds. The largest absolute Gasteiger partial charge is 0.317 e. The Morgan fingerprint density at radius 3 is 2.50 bits per heavy atom. The van der Waals surface area contributed by atoms with Crippen LogP contribution in [-0.2, 0) is 0 Å². The lowest BCUT2D eigenvalue weighted by Crippen LogP contribution is -2.34. The van der Waals surface area contributed by atoms with Crippen molar-refractivity contribution in [2.24, 2.45) is 5.92 Å². The molecule has 1 aliphatic heterocycles. The Hall–Kier alpha value is -0.860. The number of likely N-dealkylation sites (N-methyl/N-ethyl adjacent to an activating group) is 1. The van der Waals surface area contributed by atoms with Gasteiger partial charge in [0.05, 0.1) is 0 Å². The molecule has 0 bridgehead atoms. The smallest absolute Gasteiger partial charge is 0.00470 e. The van der Waals surface area contributed by atoms with Crippen molar-refractivity contribution in [3.05, 3.63) is 35.4 Å². The molecule has 1 unspecified atom stereocenters. The van der Waals surface area contributed by atoms with Gasteiger partial charge in [-0.1, -0.05) is 24.3 Å². The molecule has 0 spiro atoms. The molecule has 1 aromatic rings. The Balaban J connectivity index is 2.21. The highest BCUT2D eigenvalue weighted by Crippen LogP contribution is 2.33. The van der Waals surface area contributed by atoms with Gasteiger partial charge in [0, 0.05) is 6.54 Å². The second-order valence-electron chi connectivity index (χ2n) is 5.81. The molecule has 1 N–H and O–H groups in total. The Morgan fingerprint density at radius 2 is 1.89 bits per heavy atom. The lowest BCUT2D eigenvalue weighted by molar-refractivity contribution is 0.261. The summed E-state index contributed by atoms with van der Waals surface area (Å²) < 4.78 is 0. The van der Waals surface area contributed by atoms with E-state index < -0.39 is 0 Å². The molecular formula is C16H26N2. The third-order valence-electron chi connectivity index (χ3n) is 4.10. The number of nitrogens with zero attached hydrogens (tertiary/aromatic N) is 1. The second kappa shape index (κ2) is 6.35. The van der Waals surface area contributed by atoms with Gasteiger partial charge in [0.15, 0.2) is 0 Å². The van der Waals surface area contributed by atoms with Crippen molar-refractivity contribution >= 4 is 0 Å². The third-order valence-corrected chi connectivity index (χ3v) is 4.10. The molecule has 18 heavy (non-hydrogen) atoms. The molecule has 0 aromatic heterocycles. The van der Waals surface area contributed by atoms with Gasteiger partial charge in [-0.2, -0.15) is 0 Å². The molecular weight excluding hydrogens is 220 g/mol. The van der Waals surface area contributed by atoms with Crippen LogP contribution in [0.2, 0.25) is 0 Å². The van der Waals surface area contributed by atoms with E-state index in [-0.39, 0.29) is 0 Å². The lowest BCUT2D eigenvalue weighted by Gasteiger charge is -2.33. The average molecular weight is 246 g/mol. The van der Waals surface area contributed by atoms with E-state index in [0.29, 0.717) is 5.92 Å². The normalized spacial score (nSPS) is 19.1. The van der Waals surface area contributed by atoms with Crippen LogP contribution >= 0.6 is 0 Å². The summed E-state index contributed by atoms with van der Waals surface area (Å²) >= 11 is 0. The molecule has 1 atom stereocenters. The number of rotatable bonds is 4. The van der Waals surface area contributed by atoms with Crippen LogP contribution in [0.5, 0.6) is 0 Å². The van der Waals surface area contributed by atoms with E-state index in [9.17, 15) is 0 Å². The number of nitrogens with one attached hydrogen (secondary N) is 1. The van der Waals surface area contributed by atoms with Crippen LogP contribution in [0.4, 0.5) is 0 Å². The molecule has 2 nitrogen and oxygen atoms in total. The predicted molar refractivity (Wildman–Crippen MR) is 78.1 cm³/mol. The zero-order chi connectivity index (χ0) is 13.0. The molecule has 2 heteroatoms. The van der Waals surface area contributed by atoms with Gasteiger partial charge in [-0.3, -0.25) is 0 Å². The molecule has 100 valence electrons. The first kappa shape index (κ1) is 13.6. The fourth-order valence-electron chi connectivity index (χ4n) is 3.14. The maximum Gasteiger partial charge on any atom is 0.00470 e. The predicted octanol–water partition coefficient (Wildman–Crippen LogP) is 2.64. The van der Waals surface area contributed by atoms with E-state index in [1.807, 2.05) is 0 Å². The fourth-order valence-corrected chi connectivity index (χ4v) is 3.14. The lowest BCUT2D eigenvalue weighted by atomic mass is 9.79. The molecule has 0 saturated carbocycles. The summed E-state index contributed by atoms with van der Waals surface area (Å²) in [5, 5.41) is 3.48. The number of piperidine rings is 1. The van der Waals surface area contributed by atoms with E-state index in [1.54, 1.807) is 5.56 Å². The first-order chi connectivity index (χ1) is 8.68.